The zero-order valence-corrected chi connectivity index (χ0v) is 7.05. The number of aryl methyl sites for hydroxylation is 1. The molecule has 0 unspecified atom stereocenters. The van der Waals surface area contributed by atoms with Crippen molar-refractivity contribution in [2.75, 3.05) is 6.61 Å². The first-order chi connectivity index (χ1) is 4.93. The summed E-state index contributed by atoms with van der Waals surface area (Å²) in [7, 11) is 0. The second kappa shape index (κ2) is 6.13. The SMILES string of the molecule is Cl.OCCCc1ccccn1. The van der Waals surface area contributed by atoms with Gasteiger partial charge in [-0.25, -0.2) is 0 Å². The van der Waals surface area contributed by atoms with Gasteiger partial charge in [0, 0.05) is 18.5 Å². The first kappa shape index (κ1) is 10.4. The van der Waals surface area contributed by atoms with Crippen molar-refractivity contribution in [3.05, 3.63) is 30.1 Å². The Bertz CT molecular complexity index is 179. The van der Waals surface area contributed by atoms with E-state index in [0.29, 0.717) is 0 Å². The van der Waals surface area contributed by atoms with Crippen molar-refractivity contribution in [2.24, 2.45) is 0 Å². The Balaban J connectivity index is 0.000001000. The molecule has 1 rings (SSSR count). The van der Waals surface area contributed by atoms with Crippen molar-refractivity contribution in [1.29, 1.82) is 0 Å². The first-order valence-electron chi connectivity index (χ1n) is 3.44. The summed E-state index contributed by atoms with van der Waals surface area (Å²) >= 11 is 0. The van der Waals surface area contributed by atoms with Gasteiger partial charge in [-0.1, -0.05) is 6.07 Å². The fourth-order valence-electron chi connectivity index (χ4n) is 0.806. The van der Waals surface area contributed by atoms with Gasteiger partial charge in [0.15, 0.2) is 0 Å². The summed E-state index contributed by atoms with van der Waals surface area (Å²) in [5.41, 5.74) is 1.05. The highest BCUT2D eigenvalue weighted by Crippen LogP contribution is 1.96. The van der Waals surface area contributed by atoms with Crippen molar-refractivity contribution < 1.29 is 5.11 Å². The smallest absolute Gasteiger partial charge is 0.0434 e. The monoisotopic (exact) mass is 173 g/mol. The predicted molar refractivity (Wildman–Crippen MR) is 46.9 cm³/mol. The third-order valence-corrected chi connectivity index (χ3v) is 1.32. The largest absolute Gasteiger partial charge is 0.396 e. The number of rotatable bonds is 3. The average molecular weight is 174 g/mol. The van der Waals surface area contributed by atoms with Gasteiger partial charge in [0.2, 0.25) is 0 Å². The second-order valence-electron chi connectivity index (χ2n) is 2.15. The molecule has 1 heterocycles. The van der Waals surface area contributed by atoms with E-state index >= 15 is 0 Å². The van der Waals surface area contributed by atoms with Crippen molar-refractivity contribution in [1.82, 2.24) is 4.98 Å². The van der Waals surface area contributed by atoms with Gasteiger partial charge in [-0.15, -0.1) is 12.4 Å². The van der Waals surface area contributed by atoms with E-state index in [1.165, 1.54) is 0 Å². The maximum Gasteiger partial charge on any atom is 0.0434 e. The van der Waals surface area contributed by atoms with Gasteiger partial charge in [-0.05, 0) is 25.0 Å². The molecule has 1 aromatic heterocycles. The molecule has 0 fully saturated rings. The summed E-state index contributed by atoms with van der Waals surface area (Å²) in [6.07, 6.45) is 3.45. The van der Waals surface area contributed by atoms with E-state index in [1.807, 2.05) is 18.2 Å². The first-order valence-corrected chi connectivity index (χ1v) is 3.44. The van der Waals surface area contributed by atoms with Crippen LogP contribution in [0, 0.1) is 0 Å². The van der Waals surface area contributed by atoms with Crippen LogP contribution < -0.4 is 0 Å². The van der Waals surface area contributed by atoms with E-state index in [1.54, 1.807) is 6.20 Å². The Morgan fingerprint density at radius 1 is 1.36 bits per heavy atom. The number of pyridine rings is 1. The summed E-state index contributed by atoms with van der Waals surface area (Å²) in [6, 6.07) is 5.82. The standard InChI is InChI=1S/C8H11NO.ClH/c10-7-3-5-8-4-1-2-6-9-8;/h1-2,4,6,10H,3,5,7H2;1H. The topological polar surface area (TPSA) is 33.1 Å². The van der Waals surface area contributed by atoms with Gasteiger partial charge in [-0.2, -0.15) is 0 Å². The highest BCUT2D eigenvalue weighted by Gasteiger charge is 1.89. The van der Waals surface area contributed by atoms with Gasteiger partial charge < -0.3 is 5.11 Å². The molecule has 0 bridgehead atoms. The molecule has 1 N–H and O–H groups in total. The van der Waals surface area contributed by atoms with Crippen LogP contribution in [0.3, 0.4) is 0 Å². The molecule has 0 saturated heterocycles. The minimum Gasteiger partial charge on any atom is -0.396 e. The van der Waals surface area contributed by atoms with Crippen molar-refractivity contribution in [3.63, 3.8) is 0 Å². The van der Waals surface area contributed by atoms with Crippen LogP contribution in [0.2, 0.25) is 0 Å². The summed E-state index contributed by atoms with van der Waals surface area (Å²) < 4.78 is 0. The minimum absolute atomic E-state index is 0. The van der Waals surface area contributed by atoms with Crippen molar-refractivity contribution in [2.45, 2.75) is 12.8 Å². The molecule has 0 radical (unpaired) electrons. The van der Waals surface area contributed by atoms with Crippen LogP contribution in [0.5, 0.6) is 0 Å². The van der Waals surface area contributed by atoms with E-state index < -0.39 is 0 Å². The molecule has 0 atom stereocenters. The van der Waals surface area contributed by atoms with Crippen molar-refractivity contribution in [3.8, 4) is 0 Å². The highest BCUT2D eigenvalue weighted by atomic mass is 35.5. The van der Waals surface area contributed by atoms with Crippen LogP contribution >= 0.6 is 12.4 Å². The van der Waals surface area contributed by atoms with Gasteiger partial charge in [-0.3, -0.25) is 4.98 Å². The Labute approximate surface area is 72.7 Å². The highest BCUT2D eigenvalue weighted by molar-refractivity contribution is 5.85. The molecule has 0 saturated carbocycles. The number of aromatic nitrogens is 1. The Morgan fingerprint density at radius 2 is 2.18 bits per heavy atom. The minimum atomic E-state index is 0. The maximum absolute atomic E-state index is 8.50. The molecule has 2 nitrogen and oxygen atoms in total. The Morgan fingerprint density at radius 3 is 2.73 bits per heavy atom. The van der Waals surface area contributed by atoms with Crippen LogP contribution in [0.1, 0.15) is 12.1 Å². The molecule has 0 aromatic carbocycles. The molecule has 0 amide bonds. The lowest BCUT2D eigenvalue weighted by molar-refractivity contribution is 0.288. The summed E-state index contributed by atoms with van der Waals surface area (Å²) in [4.78, 5) is 4.11. The fourth-order valence-corrected chi connectivity index (χ4v) is 0.806. The van der Waals surface area contributed by atoms with Crippen molar-refractivity contribution >= 4 is 12.4 Å². The molecule has 62 valence electrons. The summed E-state index contributed by atoms with van der Waals surface area (Å²) in [6.45, 7) is 0.247. The number of aliphatic hydroxyl groups excluding tert-OH is 1. The van der Waals surface area contributed by atoms with E-state index in [4.69, 9.17) is 5.11 Å². The van der Waals surface area contributed by atoms with Gasteiger partial charge in [0.05, 0.1) is 0 Å². The predicted octanol–water partition coefficient (Wildman–Crippen LogP) is 1.43. The Kier molecular flexibility index (Phi) is 5.80. The van der Waals surface area contributed by atoms with Crippen LogP contribution in [0.15, 0.2) is 24.4 Å². The average Bonchev–Trinajstić information content (AvgIpc) is 2.03. The number of hydrogen-bond donors (Lipinski definition) is 1. The molecule has 3 heteroatoms. The summed E-state index contributed by atoms with van der Waals surface area (Å²) in [5.74, 6) is 0. The molecule has 0 aliphatic carbocycles. The van der Waals surface area contributed by atoms with Crippen LogP contribution in [-0.4, -0.2) is 16.7 Å². The third kappa shape index (κ3) is 3.96. The zero-order chi connectivity index (χ0) is 7.23. The van der Waals surface area contributed by atoms with Gasteiger partial charge in [0.1, 0.15) is 0 Å². The van der Waals surface area contributed by atoms with Crippen LogP contribution in [0.4, 0.5) is 0 Å². The summed E-state index contributed by atoms with van der Waals surface area (Å²) in [5, 5.41) is 8.50. The second-order valence-corrected chi connectivity index (χ2v) is 2.15. The lowest BCUT2D eigenvalue weighted by atomic mass is 10.2. The molecular weight excluding hydrogens is 162 g/mol. The molecule has 0 aliphatic rings. The van der Waals surface area contributed by atoms with E-state index in [9.17, 15) is 0 Å². The van der Waals surface area contributed by atoms with Gasteiger partial charge >= 0.3 is 0 Å². The van der Waals surface area contributed by atoms with E-state index in [2.05, 4.69) is 4.98 Å². The van der Waals surface area contributed by atoms with Gasteiger partial charge in [0.25, 0.3) is 0 Å². The quantitative estimate of drug-likeness (QED) is 0.750. The van der Waals surface area contributed by atoms with E-state index in [0.717, 1.165) is 18.5 Å². The lowest BCUT2D eigenvalue weighted by Gasteiger charge is -1.95. The maximum atomic E-state index is 8.50. The zero-order valence-electron chi connectivity index (χ0n) is 6.23. The number of nitrogens with zero attached hydrogens (tertiary/aromatic N) is 1. The third-order valence-electron chi connectivity index (χ3n) is 1.32. The molecule has 1 aromatic rings. The van der Waals surface area contributed by atoms with Crippen LogP contribution in [0.25, 0.3) is 0 Å². The molecule has 0 aliphatic heterocycles. The molecular formula is C8H12ClNO. The fraction of sp³-hybridized carbons (Fsp3) is 0.375. The number of hydrogen-bond acceptors (Lipinski definition) is 2. The van der Waals surface area contributed by atoms with E-state index in [-0.39, 0.29) is 19.0 Å². The number of halogens is 1. The normalized spacial score (nSPS) is 8.82. The lowest BCUT2D eigenvalue weighted by Crippen LogP contribution is -1.91. The number of aliphatic hydroxyl groups is 1. The Hall–Kier alpha value is -0.600. The van der Waals surface area contributed by atoms with Crippen LogP contribution in [-0.2, 0) is 6.42 Å². The molecule has 11 heavy (non-hydrogen) atoms. The molecule has 0 spiro atoms.